The van der Waals surface area contributed by atoms with E-state index in [2.05, 4.69) is 28.9 Å². The minimum atomic E-state index is -0.991. The molecule has 3 aromatic heterocycles. The van der Waals surface area contributed by atoms with Gasteiger partial charge >= 0.3 is 5.97 Å². The highest BCUT2D eigenvalue weighted by molar-refractivity contribution is 5.99. The van der Waals surface area contributed by atoms with Gasteiger partial charge in [-0.3, -0.25) is 0 Å². The molecule has 0 unspecified atom stereocenters. The fourth-order valence-electron chi connectivity index (χ4n) is 5.05. The molecule has 1 saturated heterocycles. The largest absolute Gasteiger partial charge is 0.490 e. The number of aryl methyl sites for hydroxylation is 2. The number of carbonyl (C=O) groups is 1. The van der Waals surface area contributed by atoms with Gasteiger partial charge in [0, 0.05) is 58.8 Å². The standard InChI is InChI=1S/C28H31N3O5/c1-16(2)35-24-13-19(27(32)33)6-7-21(24)23-15-31(28(5)8-10-34-11-9-28)26-22(23)12-20(14-29-26)25-17(3)30-36-18(25)4/h6-7,12-16H,8-11H2,1-5H3,(H,32,33). The van der Waals surface area contributed by atoms with Crippen LogP contribution in [0.3, 0.4) is 0 Å². The number of nitrogens with zero attached hydrogens (tertiary/aromatic N) is 3. The van der Waals surface area contributed by atoms with Gasteiger partial charge in [-0.05, 0) is 71.7 Å². The lowest BCUT2D eigenvalue weighted by atomic mass is 9.92. The van der Waals surface area contributed by atoms with Crippen LogP contribution in [0.1, 0.15) is 55.4 Å². The summed E-state index contributed by atoms with van der Waals surface area (Å²) < 4.78 is 19.4. The summed E-state index contributed by atoms with van der Waals surface area (Å²) in [5.74, 6) is 0.277. The second kappa shape index (κ2) is 9.09. The molecule has 0 saturated carbocycles. The number of hydrogen-bond acceptors (Lipinski definition) is 6. The summed E-state index contributed by atoms with van der Waals surface area (Å²) in [6, 6.07) is 7.17. The van der Waals surface area contributed by atoms with Crippen molar-refractivity contribution in [2.45, 2.75) is 59.1 Å². The Morgan fingerprint density at radius 2 is 1.92 bits per heavy atom. The maximum Gasteiger partial charge on any atom is 0.335 e. The first-order valence-corrected chi connectivity index (χ1v) is 12.2. The Kier molecular flexibility index (Phi) is 6.08. The first-order valence-electron chi connectivity index (χ1n) is 12.2. The summed E-state index contributed by atoms with van der Waals surface area (Å²) in [5, 5.41) is 14.7. The minimum Gasteiger partial charge on any atom is -0.490 e. The lowest BCUT2D eigenvalue weighted by molar-refractivity contribution is 0.0312. The van der Waals surface area contributed by atoms with Gasteiger partial charge in [-0.25, -0.2) is 9.78 Å². The molecule has 0 bridgehead atoms. The molecular weight excluding hydrogens is 458 g/mol. The van der Waals surface area contributed by atoms with Crippen LogP contribution in [0.15, 0.2) is 41.2 Å². The predicted molar refractivity (Wildman–Crippen MR) is 137 cm³/mol. The maximum atomic E-state index is 11.7. The van der Waals surface area contributed by atoms with Gasteiger partial charge in [0.25, 0.3) is 0 Å². The van der Waals surface area contributed by atoms with Crippen molar-refractivity contribution in [3.05, 3.63) is 53.7 Å². The molecule has 1 aliphatic rings. The molecule has 36 heavy (non-hydrogen) atoms. The van der Waals surface area contributed by atoms with Gasteiger partial charge in [-0.1, -0.05) is 5.16 Å². The van der Waals surface area contributed by atoms with Crippen molar-refractivity contribution >= 4 is 17.0 Å². The lowest BCUT2D eigenvalue weighted by Gasteiger charge is -2.35. The molecule has 5 rings (SSSR count). The van der Waals surface area contributed by atoms with Gasteiger partial charge < -0.3 is 23.7 Å². The van der Waals surface area contributed by atoms with E-state index in [0.29, 0.717) is 19.0 Å². The highest BCUT2D eigenvalue weighted by Crippen LogP contribution is 2.42. The zero-order valence-electron chi connectivity index (χ0n) is 21.3. The first-order chi connectivity index (χ1) is 17.2. The monoisotopic (exact) mass is 489 g/mol. The van der Waals surface area contributed by atoms with E-state index in [1.54, 1.807) is 12.1 Å². The third-order valence-electron chi connectivity index (χ3n) is 7.00. The molecule has 4 heterocycles. The van der Waals surface area contributed by atoms with Gasteiger partial charge in [-0.15, -0.1) is 0 Å². The smallest absolute Gasteiger partial charge is 0.335 e. The summed E-state index contributed by atoms with van der Waals surface area (Å²) in [7, 11) is 0. The number of benzene rings is 1. The van der Waals surface area contributed by atoms with Gasteiger partial charge in [-0.2, -0.15) is 0 Å². The topological polar surface area (TPSA) is 99.6 Å². The Bertz CT molecular complexity index is 1420. The number of pyridine rings is 1. The van der Waals surface area contributed by atoms with Crippen molar-refractivity contribution in [3.63, 3.8) is 0 Å². The van der Waals surface area contributed by atoms with Crippen molar-refractivity contribution in [1.29, 1.82) is 0 Å². The Morgan fingerprint density at radius 1 is 1.17 bits per heavy atom. The normalized spacial score (nSPS) is 15.5. The van der Waals surface area contributed by atoms with Crippen LogP contribution in [0.4, 0.5) is 0 Å². The van der Waals surface area contributed by atoms with Crippen LogP contribution in [0.2, 0.25) is 0 Å². The van der Waals surface area contributed by atoms with Crippen molar-refractivity contribution in [2.75, 3.05) is 13.2 Å². The van der Waals surface area contributed by atoms with Crippen LogP contribution in [0, 0.1) is 13.8 Å². The van der Waals surface area contributed by atoms with Crippen molar-refractivity contribution in [3.8, 4) is 28.0 Å². The van der Waals surface area contributed by atoms with Crippen LogP contribution >= 0.6 is 0 Å². The Hall–Kier alpha value is -3.65. The second-order valence-corrected chi connectivity index (χ2v) is 10.00. The number of fused-ring (bicyclic) bond motifs is 1. The second-order valence-electron chi connectivity index (χ2n) is 10.00. The Labute approximate surface area is 209 Å². The average Bonchev–Trinajstić information content (AvgIpc) is 3.38. The summed E-state index contributed by atoms with van der Waals surface area (Å²) in [5.41, 5.74) is 5.31. The number of carboxylic acids is 1. The number of ether oxygens (including phenoxy) is 2. The van der Waals surface area contributed by atoms with Gasteiger partial charge in [0.15, 0.2) is 0 Å². The molecule has 8 heteroatoms. The first kappa shape index (κ1) is 24.1. The van der Waals surface area contributed by atoms with Crippen LogP contribution < -0.4 is 4.74 Å². The number of rotatable bonds is 6. The third kappa shape index (κ3) is 4.15. The van der Waals surface area contributed by atoms with E-state index < -0.39 is 5.97 Å². The maximum absolute atomic E-state index is 11.7. The third-order valence-corrected chi connectivity index (χ3v) is 7.00. The summed E-state index contributed by atoms with van der Waals surface area (Å²) in [6.45, 7) is 11.3. The number of aromatic nitrogens is 3. The van der Waals surface area contributed by atoms with E-state index in [4.69, 9.17) is 19.0 Å². The summed E-state index contributed by atoms with van der Waals surface area (Å²) in [6.07, 6.45) is 5.62. The molecule has 188 valence electrons. The lowest BCUT2D eigenvalue weighted by Crippen LogP contribution is -2.36. The molecule has 1 N–H and O–H groups in total. The van der Waals surface area contributed by atoms with E-state index >= 15 is 0 Å². The molecule has 1 aliphatic heterocycles. The van der Waals surface area contributed by atoms with Gasteiger partial charge in [0.2, 0.25) is 0 Å². The van der Waals surface area contributed by atoms with E-state index in [0.717, 1.165) is 57.6 Å². The molecule has 0 aliphatic carbocycles. The van der Waals surface area contributed by atoms with Gasteiger partial charge in [0.1, 0.15) is 17.2 Å². The molecule has 0 spiro atoms. The zero-order valence-corrected chi connectivity index (χ0v) is 21.3. The fourth-order valence-corrected chi connectivity index (χ4v) is 5.05. The quantitative estimate of drug-likeness (QED) is 0.355. The highest BCUT2D eigenvalue weighted by atomic mass is 16.5. The molecule has 1 aromatic carbocycles. The van der Waals surface area contributed by atoms with Crippen molar-refractivity contribution < 1.29 is 23.9 Å². The molecule has 4 aromatic rings. The fraction of sp³-hybridized carbons (Fsp3) is 0.393. The van der Waals surface area contributed by atoms with E-state index in [9.17, 15) is 9.90 Å². The van der Waals surface area contributed by atoms with Crippen molar-refractivity contribution in [1.82, 2.24) is 14.7 Å². The van der Waals surface area contributed by atoms with E-state index in [-0.39, 0.29) is 17.2 Å². The van der Waals surface area contributed by atoms with Crippen molar-refractivity contribution in [2.24, 2.45) is 0 Å². The minimum absolute atomic E-state index is 0.120. The van der Waals surface area contributed by atoms with Crippen LogP contribution in [0.5, 0.6) is 5.75 Å². The number of aromatic carboxylic acids is 1. The van der Waals surface area contributed by atoms with Gasteiger partial charge in [0.05, 0.1) is 17.4 Å². The molecule has 8 nitrogen and oxygen atoms in total. The average molecular weight is 490 g/mol. The summed E-state index contributed by atoms with van der Waals surface area (Å²) in [4.78, 5) is 16.6. The van der Waals surface area contributed by atoms with E-state index in [1.165, 1.54) is 0 Å². The van der Waals surface area contributed by atoms with Crippen LogP contribution in [-0.2, 0) is 10.3 Å². The number of hydrogen-bond donors (Lipinski definition) is 1. The Morgan fingerprint density at radius 3 is 2.56 bits per heavy atom. The molecule has 0 atom stereocenters. The molecule has 0 radical (unpaired) electrons. The van der Waals surface area contributed by atoms with Crippen LogP contribution in [-0.4, -0.2) is 45.1 Å². The molecule has 1 fully saturated rings. The molecule has 0 amide bonds. The zero-order chi connectivity index (χ0) is 25.6. The Balaban J connectivity index is 1.78. The van der Waals surface area contributed by atoms with E-state index in [1.807, 2.05) is 40.0 Å². The SMILES string of the molecule is Cc1noc(C)c1-c1cnc2c(c1)c(-c1ccc(C(=O)O)cc1OC(C)C)cn2C1(C)CCOCC1. The number of carboxylic acid groups (broad SMARTS) is 1. The molecular formula is C28H31N3O5. The van der Waals surface area contributed by atoms with Crippen LogP contribution in [0.25, 0.3) is 33.3 Å². The highest BCUT2D eigenvalue weighted by Gasteiger charge is 2.32. The predicted octanol–water partition coefficient (Wildman–Crippen LogP) is 5.99. The summed E-state index contributed by atoms with van der Waals surface area (Å²) >= 11 is 0.